The molecule has 7 nitrogen and oxygen atoms in total. The van der Waals surface area contributed by atoms with Crippen molar-refractivity contribution < 1.29 is 27.1 Å². The molecule has 1 aliphatic heterocycles. The molecule has 4 rings (SSSR count). The van der Waals surface area contributed by atoms with Crippen LogP contribution in [0.5, 0.6) is 0 Å². The third-order valence-corrected chi connectivity index (χ3v) is 10.0. The molecule has 0 bridgehead atoms. The standard InChI is InChI=1S/C31H33FN2O5S2/c1-21(2)22(3)31(36)39-19-17-28(25-9-13-26(32)14-10-25)33-29(35)30-34(18-20-40-30)41(37,38)27-15-11-24(12-16-27)23-7-5-4-6-8-23/h4-16,21,28,30H,3,17-20H2,1-2H3,(H,33,35)/t28-,30-/m0/s1. The number of benzene rings is 3. The molecule has 0 aromatic heterocycles. The van der Waals surface area contributed by atoms with Crippen molar-refractivity contribution in [3.8, 4) is 11.1 Å². The molecule has 1 amide bonds. The number of nitrogens with zero attached hydrogens (tertiary/aromatic N) is 1. The summed E-state index contributed by atoms with van der Waals surface area (Å²) in [5.74, 6) is -1.07. The average Bonchev–Trinajstić information content (AvgIpc) is 3.48. The molecule has 0 spiro atoms. The Morgan fingerprint density at radius 2 is 1.66 bits per heavy atom. The number of hydrogen-bond acceptors (Lipinski definition) is 6. The van der Waals surface area contributed by atoms with E-state index in [1.807, 2.05) is 44.2 Å². The summed E-state index contributed by atoms with van der Waals surface area (Å²) >= 11 is 1.23. The summed E-state index contributed by atoms with van der Waals surface area (Å²) < 4.78 is 47.3. The fraction of sp³-hybridized carbons (Fsp3) is 0.290. The number of sulfonamides is 1. The largest absolute Gasteiger partial charge is 0.462 e. The van der Waals surface area contributed by atoms with Gasteiger partial charge in [-0.25, -0.2) is 17.6 Å². The first-order valence-corrected chi connectivity index (χ1v) is 15.8. The van der Waals surface area contributed by atoms with E-state index in [0.29, 0.717) is 16.9 Å². The van der Waals surface area contributed by atoms with Crippen LogP contribution in [-0.2, 0) is 24.3 Å². The van der Waals surface area contributed by atoms with Crippen LogP contribution >= 0.6 is 11.8 Å². The van der Waals surface area contributed by atoms with Crippen molar-refractivity contribution in [2.45, 2.75) is 36.6 Å². The van der Waals surface area contributed by atoms with Gasteiger partial charge < -0.3 is 10.1 Å². The lowest BCUT2D eigenvalue weighted by atomic mass is 10.0. The highest BCUT2D eigenvalue weighted by atomic mass is 32.2. The highest BCUT2D eigenvalue weighted by Crippen LogP contribution is 2.32. The van der Waals surface area contributed by atoms with Crippen LogP contribution in [0.1, 0.15) is 31.9 Å². The fourth-order valence-electron chi connectivity index (χ4n) is 4.35. The van der Waals surface area contributed by atoms with Crippen LogP contribution in [0.3, 0.4) is 0 Å². The van der Waals surface area contributed by atoms with Crippen LogP contribution in [0.2, 0.25) is 0 Å². The molecule has 1 saturated heterocycles. The molecular weight excluding hydrogens is 563 g/mol. The molecule has 1 aliphatic rings. The first-order valence-electron chi connectivity index (χ1n) is 13.3. The third-order valence-electron chi connectivity index (χ3n) is 6.83. The number of amides is 1. The highest BCUT2D eigenvalue weighted by molar-refractivity contribution is 8.02. The minimum atomic E-state index is -3.96. The summed E-state index contributed by atoms with van der Waals surface area (Å²) in [5.41, 5.74) is 2.80. The van der Waals surface area contributed by atoms with E-state index in [4.69, 9.17) is 4.74 Å². The van der Waals surface area contributed by atoms with Crippen LogP contribution < -0.4 is 5.32 Å². The van der Waals surface area contributed by atoms with Gasteiger partial charge in [-0.15, -0.1) is 11.8 Å². The minimum absolute atomic E-state index is 0.0134. The maximum atomic E-state index is 13.6. The zero-order chi connectivity index (χ0) is 29.6. The van der Waals surface area contributed by atoms with E-state index in [0.717, 1.165) is 11.1 Å². The van der Waals surface area contributed by atoms with Gasteiger partial charge in [0.05, 0.1) is 17.5 Å². The second-order valence-electron chi connectivity index (χ2n) is 9.95. The Hall–Kier alpha value is -3.47. The van der Waals surface area contributed by atoms with Gasteiger partial charge in [-0.1, -0.05) is 75.0 Å². The SMILES string of the molecule is C=C(C(=O)OCC[C@H](NC(=O)[C@@H]1SCCN1S(=O)(=O)c1ccc(-c2ccccc2)cc1)c1ccc(F)cc1)C(C)C. The topological polar surface area (TPSA) is 92.8 Å². The maximum absolute atomic E-state index is 13.6. The van der Waals surface area contributed by atoms with Crippen molar-refractivity contribution in [2.75, 3.05) is 18.9 Å². The summed E-state index contributed by atoms with van der Waals surface area (Å²) in [6, 6.07) is 21.2. The molecule has 41 heavy (non-hydrogen) atoms. The van der Waals surface area contributed by atoms with Crippen LogP contribution in [-0.4, -0.2) is 48.9 Å². The molecule has 0 saturated carbocycles. The van der Waals surface area contributed by atoms with Crippen molar-refractivity contribution in [2.24, 2.45) is 5.92 Å². The van der Waals surface area contributed by atoms with E-state index in [1.165, 1.54) is 28.2 Å². The first kappa shape index (κ1) is 30.5. The second kappa shape index (κ2) is 13.5. The Bertz CT molecular complexity index is 1480. The van der Waals surface area contributed by atoms with Crippen molar-refractivity contribution in [3.05, 3.63) is 102 Å². The number of nitrogens with one attached hydrogen (secondary N) is 1. The number of carbonyl (C=O) groups excluding carboxylic acids is 2. The number of hydrogen-bond donors (Lipinski definition) is 1. The molecule has 1 fully saturated rings. The smallest absolute Gasteiger partial charge is 0.333 e. The molecule has 1 N–H and O–H groups in total. The maximum Gasteiger partial charge on any atom is 0.333 e. The molecule has 0 aliphatic carbocycles. The second-order valence-corrected chi connectivity index (χ2v) is 13.0. The van der Waals surface area contributed by atoms with Gasteiger partial charge >= 0.3 is 5.97 Å². The number of esters is 1. The van der Waals surface area contributed by atoms with Gasteiger partial charge in [-0.2, -0.15) is 4.31 Å². The monoisotopic (exact) mass is 596 g/mol. The Labute approximate surface area is 244 Å². The molecule has 1 heterocycles. The molecule has 0 radical (unpaired) electrons. The lowest BCUT2D eigenvalue weighted by Crippen LogP contribution is -2.45. The number of carbonyl (C=O) groups is 2. The first-order chi connectivity index (χ1) is 19.6. The zero-order valence-corrected chi connectivity index (χ0v) is 24.6. The van der Waals surface area contributed by atoms with Crippen LogP contribution in [0.15, 0.2) is 95.9 Å². The van der Waals surface area contributed by atoms with Crippen molar-refractivity contribution >= 4 is 33.7 Å². The van der Waals surface area contributed by atoms with Crippen LogP contribution in [0.25, 0.3) is 11.1 Å². The quantitative estimate of drug-likeness (QED) is 0.230. The zero-order valence-electron chi connectivity index (χ0n) is 23.0. The van der Waals surface area contributed by atoms with Crippen LogP contribution in [0, 0.1) is 11.7 Å². The Morgan fingerprint density at radius 1 is 1.02 bits per heavy atom. The van der Waals surface area contributed by atoms with E-state index >= 15 is 0 Å². The van der Waals surface area contributed by atoms with E-state index in [2.05, 4.69) is 11.9 Å². The van der Waals surface area contributed by atoms with Gasteiger partial charge in [-0.3, -0.25) is 4.79 Å². The highest BCUT2D eigenvalue weighted by Gasteiger charge is 2.40. The molecule has 3 aromatic rings. The fourth-order valence-corrected chi connectivity index (χ4v) is 7.44. The Balaban J connectivity index is 1.48. The van der Waals surface area contributed by atoms with Crippen LogP contribution in [0.4, 0.5) is 4.39 Å². The number of rotatable bonds is 11. The summed E-state index contributed by atoms with van der Waals surface area (Å²) in [4.78, 5) is 25.8. The predicted octanol–water partition coefficient (Wildman–Crippen LogP) is 5.56. The molecule has 0 unspecified atom stereocenters. The van der Waals surface area contributed by atoms with Crippen molar-refractivity contribution in [3.63, 3.8) is 0 Å². The summed E-state index contributed by atoms with van der Waals surface area (Å²) in [7, 11) is -3.96. The van der Waals surface area contributed by atoms with Gasteiger partial charge in [0.25, 0.3) is 0 Å². The number of ether oxygens (including phenoxy) is 1. The molecular formula is C31H33FN2O5S2. The van der Waals surface area contributed by atoms with Gasteiger partial charge in [-0.05, 0) is 46.9 Å². The predicted molar refractivity (Wildman–Crippen MR) is 159 cm³/mol. The van der Waals surface area contributed by atoms with E-state index in [9.17, 15) is 22.4 Å². The van der Waals surface area contributed by atoms with E-state index < -0.39 is 39.1 Å². The number of thioether (sulfide) groups is 1. The van der Waals surface area contributed by atoms with Gasteiger partial charge in [0.1, 0.15) is 11.2 Å². The normalized spacial score (nSPS) is 16.3. The summed E-state index contributed by atoms with van der Waals surface area (Å²) in [6.07, 6.45) is 0.208. The van der Waals surface area contributed by atoms with E-state index in [-0.39, 0.29) is 30.4 Å². The van der Waals surface area contributed by atoms with Crippen molar-refractivity contribution in [1.82, 2.24) is 9.62 Å². The van der Waals surface area contributed by atoms with Crippen molar-refractivity contribution in [1.29, 1.82) is 0 Å². The Morgan fingerprint density at radius 3 is 2.29 bits per heavy atom. The lowest BCUT2D eigenvalue weighted by Gasteiger charge is -2.26. The van der Waals surface area contributed by atoms with Gasteiger partial charge in [0.15, 0.2) is 0 Å². The minimum Gasteiger partial charge on any atom is -0.462 e. The van der Waals surface area contributed by atoms with E-state index in [1.54, 1.807) is 36.4 Å². The Kier molecular flexibility index (Phi) is 10.0. The van der Waals surface area contributed by atoms with Gasteiger partial charge in [0, 0.05) is 24.3 Å². The average molecular weight is 597 g/mol. The lowest BCUT2D eigenvalue weighted by molar-refractivity contribution is -0.139. The molecule has 3 aromatic carbocycles. The molecule has 216 valence electrons. The van der Waals surface area contributed by atoms with Gasteiger partial charge in [0.2, 0.25) is 15.9 Å². The molecule has 10 heteroatoms. The third kappa shape index (κ3) is 7.44. The number of halogens is 1. The summed E-state index contributed by atoms with van der Waals surface area (Å²) in [6.45, 7) is 7.58. The molecule has 2 atom stereocenters. The summed E-state index contributed by atoms with van der Waals surface area (Å²) in [5, 5.41) is 1.92.